The fourth-order valence-electron chi connectivity index (χ4n) is 2.16. The Morgan fingerprint density at radius 1 is 1.06 bits per heavy atom. The predicted molar refractivity (Wildman–Crippen MR) is 93.9 cm³/mol. The van der Waals surface area contributed by atoms with Gasteiger partial charge in [-0.2, -0.15) is 0 Å². The van der Waals surface area contributed by atoms with Crippen molar-refractivity contribution in [1.82, 2.24) is 0 Å². The van der Waals surface area contributed by atoms with E-state index in [1.807, 2.05) is 0 Å². The van der Waals surface area contributed by atoms with Crippen LogP contribution < -0.4 is 0 Å². The summed E-state index contributed by atoms with van der Waals surface area (Å²) in [4.78, 5) is -0.0989. The summed E-state index contributed by atoms with van der Waals surface area (Å²) in [5.74, 6) is 0. The molecule has 0 rings (SSSR count). The van der Waals surface area contributed by atoms with Crippen molar-refractivity contribution in [2.75, 3.05) is 0 Å². The van der Waals surface area contributed by atoms with Crippen molar-refractivity contribution in [1.29, 1.82) is 0 Å². The highest BCUT2D eigenvalue weighted by Crippen LogP contribution is 2.28. The second kappa shape index (κ2) is 9.19. The second-order valence-corrected chi connectivity index (χ2v) is 18.7. The number of hydrogen-bond acceptors (Lipinski definition) is 1. The van der Waals surface area contributed by atoms with Gasteiger partial charge in [0.2, 0.25) is 0 Å². The van der Waals surface area contributed by atoms with E-state index in [9.17, 15) is 0 Å². The van der Waals surface area contributed by atoms with E-state index in [4.69, 9.17) is 26.6 Å². The summed E-state index contributed by atoms with van der Waals surface area (Å²) in [5.41, 5.74) is 0. The molecule has 6 heteroatoms. The van der Waals surface area contributed by atoms with Crippen LogP contribution in [0.15, 0.2) is 0 Å². The Balaban J connectivity index is 4.04. The van der Waals surface area contributed by atoms with Crippen molar-refractivity contribution in [3.05, 3.63) is 0 Å². The van der Waals surface area contributed by atoms with Crippen LogP contribution in [-0.2, 0) is 4.43 Å². The van der Waals surface area contributed by atoms with Crippen LogP contribution in [-0.4, -0.2) is 30.8 Å². The van der Waals surface area contributed by atoms with Crippen LogP contribution in [0.3, 0.4) is 0 Å². The van der Waals surface area contributed by atoms with Crippen LogP contribution in [0.2, 0.25) is 19.6 Å². The number of unbranched alkanes of at least 4 members (excludes halogenated alkanes) is 5. The van der Waals surface area contributed by atoms with E-state index >= 15 is 0 Å². The fourth-order valence-corrected chi connectivity index (χ4v) is 9.15. The first-order chi connectivity index (χ1) is 8.21. The molecule has 0 aliphatic heterocycles. The number of halogens is 2. The minimum absolute atomic E-state index is 0.0989. The number of rotatable bonds is 10. The molecule has 0 amide bonds. The SMILES string of the molecule is CCCCCCCCC([SiH3])(O[Si](C)(C)C)[SiH](Cl)Cl. The lowest BCUT2D eigenvalue weighted by molar-refractivity contribution is 0.214. The zero-order chi connectivity index (χ0) is 14.2. The van der Waals surface area contributed by atoms with E-state index in [1.54, 1.807) is 0 Å². The summed E-state index contributed by atoms with van der Waals surface area (Å²) in [6.45, 7) is 8.93. The first kappa shape index (κ1) is 19.2. The summed E-state index contributed by atoms with van der Waals surface area (Å²) >= 11 is 12.6. The third kappa shape index (κ3) is 9.15. The molecule has 0 saturated heterocycles. The van der Waals surface area contributed by atoms with E-state index < -0.39 is 15.7 Å². The van der Waals surface area contributed by atoms with Crippen LogP contribution in [0, 0.1) is 0 Å². The maximum absolute atomic E-state index is 6.31. The molecule has 0 aliphatic carbocycles. The average molecular weight is 346 g/mol. The molecule has 0 radical (unpaired) electrons. The molecule has 0 aromatic rings. The molecule has 0 fully saturated rings. The molecule has 0 aliphatic rings. The molecule has 0 bridgehead atoms. The lowest BCUT2D eigenvalue weighted by Crippen LogP contribution is -2.50. The van der Waals surface area contributed by atoms with Gasteiger partial charge >= 0.3 is 0 Å². The zero-order valence-electron chi connectivity index (χ0n) is 12.7. The molecule has 0 aromatic carbocycles. The van der Waals surface area contributed by atoms with Crippen molar-refractivity contribution in [2.45, 2.75) is 76.4 Å². The van der Waals surface area contributed by atoms with Gasteiger partial charge in [0.05, 0.1) is 4.85 Å². The summed E-state index contributed by atoms with van der Waals surface area (Å²) in [6.07, 6.45) is 8.98. The van der Waals surface area contributed by atoms with Gasteiger partial charge in [0.15, 0.2) is 8.32 Å². The third-order valence-corrected chi connectivity index (χ3v) is 13.5. The van der Waals surface area contributed by atoms with Crippen molar-refractivity contribution in [2.24, 2.45) is 0 Å². The minimum atomic E-state index is -1.75. The Morgan fingerprint density at radius 3 is 2.00 bits per heavy atom. The predicted octanol–water partition coefficient (Wildman–Crippen LogP) is 3.89. The monoisotopic (exact) mass is 344 g/mol. The molecule has 18 heavy (non-hydrogen) atoms. The van der Waals surface area contributed by atoms with Gasteiger partial charge in [0.1, 0.15) is 0 Å². The average Bonchev–Trinajstić information content (AvgIpc) is 2.20. The molecule has 0 heterocycles. The van der Waals surface area contributed by atoms with Crippen molar-refractivity contribution < 1.29 is 4.43 Å². The van der Waals surface area contributed by atoms with Gasteiger partial charge in [-0.25, -0.2) is 0 Å². The summed E-state index contributed by atoms with van der Waals surface area (Å²) in [7, 11) is -2.32. The lowest BCUT2D eigenvalue weighted by atomic mass is 10.1. The minimum Gasteiger partial charge on any atom is -0.416 e. The Hall–Kier alpha value is 1.19. The second-order valence-electron chi connectivity index (χ2n) is 6.35. The van der Waals surface area contributed by atoms with Crippen LogP contribution in [0.25, 0.3) is 0 Å². The maximum atomic E-state index is 6.31. The quantitative estimate of drug-likeness (QED) is 0.332. The van der Waals surface area contributed by atoms with Crippen LogP contribution >= 0.6 is 22.2 Å². The van der Waals surface area contributed by atoms with Gasteiger partial charge in [-0.05, 0) is 26.1 Å². The van der Waals surface area contributed by atoms with Crippen LogP contribution in [0.5, 0.6) is 0 Å². The summed E-state index contributed by atoms with van der Waals surface area (Å²) < 4.78 is 6.31. The summed E-state index contributed by atoms with van der Waals surface area (Å²) in [5, 5.41) is 0. The molecule has 1 unspecified atom stereocenters. The zero-order valence-corrected chi connectivity index (χ0v) is 18.4. The highest BCUT2D eigenvalue weighted by molar-refractivity contribution is 7.36. The molecule has 1 nitrogen and oxygen atoms in total. The van der Waals surface area contributed by atoms with Gasteiger partial charge in [0.25, 0.3) is 7.42 Å². The van der Waals surface area contributed by atoms with Crippen molar-refractivity contribution in [3.8, 4) is 0 Å². The molecule has 0 spiro atoms. The smallest absolute Gasteiger partial charge is 0.262 e. The van der Waals surface area contributed by atoms with Crippen LogP contribution in [0.1, 0.15) is 51.9 Å². The standard InChI is InChI=1S/C12H30Cl2OSi3/c1-5-6-7-8-9-10-11-12(16,17(13)14)15-18(2,3)4/h17H,5-11H2,1-4,16H3. The molecule has 110 valence electrons. The highest BCUT2D eigenvalue weighted by atomic mass is 35.7. The van der Waals surface area contributed by atoms with Crippen molar-refractivity contribution in [3.63, 3.8) is 0 Å². The van der Waals surface area contributed by atoms with E-state index in [1.165, 1.54) is 38.5 Å². The van der Waals surface area contributed by atoms with Gasteiger partial charge in [0, 0.05) is 10.2 Å². The van der Waals surface area contributed by atoms with Gasteiger partial charge in [-0.1, -0.05) is 45.4 Å². The van der Waals surface area contributed by atoms with E-state index in [0.717, 1.165) is 16.7 Å². The molecule has 1 atom stereocenters. The molecule has 0 N–H and O–H groups in total. The lowest BCUT2D eigenvalue weighted by Gasteiger charge is -2.37. The van der Waals surface area contributed by atoms with Crippen molar-refractivity contribution >= 4 is 48.1 Å². The molecule has 0 saturated carbocycles. The topological polar surface area (TPSA) is 9.23 Å². The van der Waals surface area contributed by atoms with E-state index in [2.05, 4.69) is 26.6 Å². The fraction of sp³-hybridized carbons (Fsp3) is 1.00. The Kier molecular flexibility index (Phi) is 9.79. The highest BCUT2D eigenvalue weighted by Gasteiger charge is 2.37. The maximum Gasteiger partial charge on any atom is 0.262 e. The van der Waals surface area contributed by atoms with E-state index in [-0.39, 0.29) is 4.85 Å². The van der Waals surface area contributed by atoms with Crippen LogP contribution in [0.4, 0.5) is 0 Å². The third-order valence-electron chi connectivity index (χ3n) is 3.03. The first-order valence-corrected chi connectivity index (χ1v) is 15.7. The van der Waals surface area contributed by atoms with Gasteiger partial charge < -0.3 is 4.43 Å². The number of hydrogen-bond donors (Lipinski definition) is 0. The van der Waals surface area contributed by atoms with Gasteiger partial charge in [-0.15, -0.1) is 22.2 Å². The molecular formula is C12H30Cl2OSi3. The summed E-state index contributed by atoms with van der Waals surface area (Å²) in [6, 6.07) is 0. The molecule has 0 aromatic heterocycles. The normalized spacial score (nSPS) is 16.2. The largest absolute Gasteiger partial charge is 0.416 e. The molecular weight excluding hydrogens is 315 g/mol. The first-order valence-electron chi connectivity index (χ1n) is 7.19. The Labute approximate surface area is 129 Å². The Morgan fingerprint density at radius 2 is 1.56 bits per heavy atom. The van der Waals surface area contributed by atoms with E-state index in [0.29, 0.717) is 0 Å². The Bertz CT molecular complexity index is 222. The van der Waals surface area contributed by atoms with Gasteiger partial charge in [-0.3, -0.25) is 0 Å².